The second-order valence-corrected chi connectivity index (χ2v) is 13.4. The van der Waals surface area contributed by atoms with Crippen LogP contribution in [-0.4, -0.2) is 74.5 Å². The van der Waals surface area contributed by atoms with E-state index in [-0.39, 0.29) is 12.3 Å². The Morgan fingerprint density at radius 1 is 1.21 bits per heavy atom. The Balaban J connectivity index is 2.15. The molecular weight excluding hydrogens is 581 g/mol. The van der Waals surface area contributed by atoms with Crippen LogP contribution in [0.5, 0.6) is 0 Å². The fourth-order valence-corrected chi connectivity index (χ4v) is 4.27. The highest BCUT2D eigenvalue weighted by Crippen LogP contribution is 2.26. The summed E-state index contributed by atoms with van der Waals surface area (Å²) < 4.78 is 8.57. The summed E-state index contributed by atoms with van der Waals surface area (Å²) in [7, 11) is 0. The largest absolute Gasteiger partial charge is 0.460 e. The minimum Gasteiger partial charge on any atom is -0.460 e. The van der Waals surface area contributed by atoms with Gasteiger partial charge in [-0.25, -0.2) is 15.2 Å². The van der Waals surface area contributed by atoms with E-state index in [0.29, 0.717) is 25.1 Å². The van der Waals surface area contributed by atoms with Gasteiger partial charge >= 0.3 is 12.1 Å². The van der Waals surface area contributed by atoms with Crippen molar-refractivity contribution in [3.8, 4) is 0 Å². The first-order valence-corrected chi connectivity index (χ1v) is 14.1. The third-order valence-corrected chi connectivity index (χ3v) is 6.21. The van der Waals surface area contributed by atoms with Crippen LogP contribution in [0.4, 0.5) is 4.79 Å². The lowest BCUT2D eigenvalue weighted by Crippen LogP contribution is -2.62. The number of esters is 1. The maximum absolute atomic E-state index is 13.5. The summed E-state index contributed by atoms with van der Waals surface area (Å²) in [6, 6.07) is -2.84. The summed E-state index contributed by atoms with van der Waals surface area (Å²) >= 11 is 18.3. The van der Waals surface area contributed by atoms with E-state index in [1.165, 1.54) is 16.3 Å². The zero-order chi connectivity index (χ0) is 28.7. The summed E-state index contributed by atoms with van der Waals surface area (Å²) in [6.45, 7) is 8.52. The molecular formula is C23H34Cl3N5O6S. The number of carbonyl (C=O) groups is 4. The highest BCUT2D eigenvalue weighted by Gasteiger charge is 2.36. The topological polar surface area (TPSA) is 139 Å². The van der Waals surface area contributed by atoms with Crippen molar-refractivity contribution in [2.24, 2.45) is 5.92 Å². The molecule has 0 bridgehead atoms. The number of thiazole rings is 1. The van der Waals surface area contributed by atoms with Crippen LogP contribution in [-0.2, 0) is 30.3 Å². The summed E-state index contributed by atoms with van der Waals surface area (Å²) in [5.41, 5.74) is 4.33. The number of nitrogens with zero attached hydrogens (tertiary/aromatic N) is 2. The number of carbonyl (C=O) groups excluding carboxylic acids is 4. The number of amides is 3. The Hall–Kier alpha value is -1.86. The first-order chi connectivity index (χ1) is 17.6. The van der Waals surface area contributed by atoms with Crippen LogP contribution >= 0.6 is 46.1 Å². The van der Waals surface area contributed by atoms with Crippen molar-refractivity contribution in [1.29, 1.82) is 0 Å². The Bertz CT molecular complexity index is 968. The highest BCUT2D eigenvalue weighted by atomic mass is 35.6. The first kappa shape index (κ1) is 32.4. The molecule has 0 aliphatic carbocycles. The third-order valence-electron chi connectivity index (χ3n) is 5.25. The van der Waals surface area contributed by atoms with Gasteiger partial charge in [0.2, 0.25) is 9.70 Å². The predicted molar refractivity (Wildman–Crippen MR) is 145 cm³/mol. The zero-order valence-corrected chi connectivity index (χ0v) is 25.0. The van der Waals surface area contributed by atoms with Gasteiger partial charge in [0.05, 0.1) is 11.2 Å². The summed E-state index contributed by atoms with van der Waals surface area (Å²) in [6.07, 6.45) is 0.258. The lowest BCUT2D eigenvalue weighted by atomic mass is 10.0. The number of hydrazine groups is 1. The van der Waals surface area contributed by atoms with Crippen molar-refractivity contribution in [1.82, 2.24) is 26.1 Å². The van der Waals surface area contributed by atoms with Gasteiger partial charge in [-0.05, 0) is 39.5 Å². The van der Waals surface area contributed by atoms with Gasteiger partial charge in [-0.3, -0.25) is 19.4 Å². The molecule has 0 saturated carbocycles. The van der Waals surface area contributed by atoms with Crippen LogP contribution in [0.3, 0.4) is 0 Å². The van der Waals surface area contributed by atoms with Gasteiger partial charge in [-0.1, -0.05) is 48.7 Å². The number of alkyl carbamates (subject to hydrolysis) is 1. The molecule has 1 aromatic rings. The number of hydrogen-bond acceptors (Lipinski definition) is 9. The molecule has 15 heteroatoms. The van der Waals surface area contributed by atoms with Gasteiger partial charge in [0.25, 0.3) is 5.91 Å². The van der Waals surface area contributed by atoms with Gasteiger partial charge in [-0.2, -0.15) is 0 Å². The van der Waals surface area contributed by atoms with Crippen molar-refractivity contribution in [3.05, 3.63) is 16.6 Å². The molecule has 11 nitrogen and oxygen atoms in total. The molecule has 1 aromatic heterocycles. The van der Waals surface area contributed by atoms with Crippen LogP contribution in [0.1, 0.15) is 53.2 Å². The molecule has 1 fully saturated rings. The highest BCUT2D eigenvalue weighted by molar-refractivity contribution is 7.07. The Morgan fingerprint density at radius 2 is 1.89 bits per heavy atom. The van der Waals surface area contributed by atoms with Crippen LogP contribution in [0.25, 0.3) is 0 Å². The van der Waals surface area contributed by atoms with Gasteiger partial charge in [-0.15, -0.1) is 11.3 Å². The number of halogens is 3. The van der Waals surface area contributed by atoms with Gasteiger partial charge < -0.3 is 20.1 Å². The second kappa shape index (κ2) is 14.0. The number of rotatable bonds is 9. The van der Waals surface area contributed by atoms with E-state index < -0.39 is 58.0 Å². The molecule has 0 radical (unpaired) electrons. The van der Waals surface area contributed by atoms with Crippen molar-refractivity contribution >= 4 is 70.0 Å². The zero-order valence-electron chi connectivity index (χ0n) is 21.9. The molecule has 0 unspecified atom stereocenters. The minimum absolute atomic E-state index is 0.103. The first-order valence-electron chi connectivity index (χ1n) is 12.0. The second-order valence-electron chi connectivity index (χ2n) is 10.1. The molecule has 3 N–H and O–H groups in total. The number of alkyl halides is 3. The van der Waals surface area contributed by atoms with Gasteiger partial charge in [0.1, 0.15) is 30.3 Å². The van der Waals surface area contributed by atoms with E-state index in [2.05, 4.69) is 21.0 Å². The minimum atomic E-state index is -1.76. The molecule has 3 amide bonds. The maximum Gasteiger partial charge on any atom is 0.408 e. The maximum atomic E-state index is 13.5. The number of ether oxygens (including phenoxy) is 2. The average Bonchev–Trinajstić information content (AvgIpc) is 3.31. The fourth-order valence-electron chi connectivity index (χ4n) is 3.54. The summed E-state index contributed by atoms with van der Waals surface area (Å²) in [5.74, 6) is -2.02. The van der Waals surface area contributed by atoms with E-state index in [1.54, 1.807) is 45.5 Å². The molecule has 1 saturated heterocycles. The normalized spacial score (nSPS) is 17.9. The molecule has 2 heterocycles. The molecule has 1 aliphatic heterocycles. The quantitative estimate of drug-likeness (QED) is 0.285. The Morgan fingerprint density at radius 3 is 2.45 bits per heavy atom. The van der Waals surface area contributed by atoms with Crippen LogP contribution in [0.2, 0.25) is 0 Å². The van der Waals surface area contributed by atoms with Crippen molar-refractivity contribution in [3.63, 3.8) is 0 Å². The lowest BCUT2D eigenvalue weighted by Gasteiger charge is -2.35. The Kier molecular flexibility index (Phi) is 11.9. The summed E-state index contributed by atoms with van der Waals surface area (Å²) in [4.78, 5) is 55.8. The molecule has 2 rings (SSSR count). The van der Waals surface area contributed by atoms with E-state index in [4.69, 9.17) is 44.3 Å². The molecule has 0 spiro atoms. The molecule has 3 atom stereocenters. The molecule has 38 heavy (non-hydrogen) atoms. The standard InChI is InChI=1S/C23H34Cl3N5O6S/c1-13(2)17(29-21(35)37-22(3,4)5)18(32)28-16(9-14-10-38-12-27-14)19(33)31-8-6-7-15(30-31)20(34)36-11-23(24,25)26/h10,12-13,15-17,30H,6-9,11H2,1-5H3,(H,28,32)(H,29,35)/t15-,16-,17-/m0/s1. The monoisotopic (exact) mass is 613 g/mol. The number of hydrogen-bond donors (Lipinski definition) is 3. The summed E-state index contributed by atoms with van der Waals surface area (Å²) in [5, 5.41) is 8.37. The molecule has 0 aromatic carbocycles. The third kappa shape index (κ3) is 11.1. The molecule has 214 valence electrons. The van der Waals surface area contributed by atoms with Gasteiger partial charge in [0.15, 0.2) is 0 Å². The van der Waals surface area contributed by atoms with Crippen molar-refractivity contribution < 1.29 is 28.7 Å². The fraction of sp³-hybridized carbons (Fsp3) is 0.696. The van der Waals surface area contributed by atoms with Crippen LogP contribution in [0.15, 0.2) is 10.9 Å². The van der Waals surface area contributed by atoms with E-state index >= 15 is 0 Å². The van der Waals surface area contributed by atoms with Gasteiger partial charge in [0, 0.05) is 18.3 Å². The van der Waals surface area contributed by atoms with Crippen LogP contribution < -0.4 is 16.1 Å². The number of nitrogens with one attached hydrogen (secondary N) is 3. The SMILES string of the molecule is CC(C)[C@H](NC(=O)OC(C)(C)C)C(=O)N[C@@H](Cc1cscn1)C(=O)N1CCC[C@@H](C(=O)OCC(Cl)(Cl)Cl)N1. The lowest BCUT2D eigenvalue weighted by molar-refractivity contribution is -0.153. The molecule has 1 aliphatic rings. The van der Waals surface area contributed by atoms with Crippen LogP contribution in [0, 0.1) is 5.92 Å². The van der Waals surface area contributed by atoms with Crippen molar-refractivity contribution in [2.75, 3.05) is 13.2 Å². The van der Waals surface area contributed by atoms with Crippen molar-refractivity contribution in [2.45, 2.75) is 81.4 Å². The average molecular weight is 615 g/mol. The van der Waals surface area contributed by atoms with E-state index in [1.807, 2.05) is 0 Å². The predicted octanol–water partition coefficient (Wildman–Crippen LogP) is 3.13. The number of aromatic nitrogens is 1. The Labute approximate surface area is 241 Å². The van der Waals surface area contributed by atoms with E-state index in [0.717, 1.165) is 0 Å². The van der Waals surface area contributed by atoms with E-state index in [9.17, 15) is 19.2 Å². The smallest absolute Gasteiger partial charge is 0.408 e.